The Bertz CT molecular complexity index is 239. The molecule has 6 heteroatoms. The second-order valence-corrected chi connectivity index (χ2v) is 4.73. The van der Waals surface area contributed by atoms with Gasteiger partial charge in [0, 0.05) is 12.0 Å². The van der Waals surface area contributed by atoms with Gasteiger partial charge >= 0.3 is 6.18 Å². The van der Waals surface area contributed by atoms with Gasteiger partial charge in [-0.3, -0.25) is 5.41 Å². The summed E-state index contributed by atoms with van der Waals surface area (Å²) in [5, 5.41) is 7.33. The minimum atomic E-state index is -4.14. The Morgan fingerprint density at radius 2 is 1.71 bits per heavy atom. The molecule has 17 heavy (non-hydrogen) atoms. The number of hydrogen-bond acceptors (Lipinski definition) is 2. The fourth-order valence-corrected chi connectivity index (χ4v) is 1.20. The van der Waals surface area contributed by atoms with E-state index in [1.54, 1.807) is 0 Å². The van der Waals surface area contributed by atoms with Crippen LogP contribution in [0.15, 0.2) is 0 Å². The third-order valence-electron chi connectivity index (χ3n) is 2.60. The van der Waals surface area contributed by atoms with Gasteiger partial charge in [0.25, 0.3) is 0 Å². The first-order valence-electron chi connectivity index (χ1n) is 5.64. The van der Waals surface area contributed by atoms with Gasteiger partial charge in [-0.1, -0.05) is 20.3 Å². The average molecular weight is 254 g/mol. The minimum Gasteiger partial charge on any atom is -0.387 e. The second kappa shape index (κ2) is 6.83. The van der Waals surface area contributed by atoms with E-state index in [9.17, 15) is 13.2 Å². The van der Waals surface area contributed by atoms with Crippen LogP contribution in [-0.2, 0) is 4.74 Å². The summed E-state index contributed by atoms with van der Waals surface area (Å²) in [6.45, 7) is 3.79. The lowest BCUT2D eigenvalue weighted by atomic mass is 9.86. The Kier molecular flexibility index (Phi) is 6.52. The van der Waals surface area contributed by atoms with Crippen LogP contribution in [0.1, 0.15) is 39.5 Å². The molecule has 3 N–H and O–H groups in total. The average Bonchev–Trinajstić information content (AvgIpc) is 2.14. The first kappa shape index (κ1) is 16.2. The van der Waals surface area contributed by atoms with Crippen molar-refractivity contribution in [1.82, 2.24) is 0 Å². The molecule has 0 fully saturated rings. The lowest BCUT2D eigenvalue weighted by Crippen LogP contribution is -2.30. The molecule has 0 rings (SSSR count). The number of unbranched alkanes of at least 4 members (excludes halogenated alkanes) is 1. The Hall–Kier alpha value is -0.780. The lowest BCUT2D eigenvalue weighted by molar-refractivity contribution is -0.145. The zero-order chi connectivity index (χ0) is 13.5. The third kappa shape index (κ3) is 8.97. The van der Waals surface area contributed by atoms with E-state index in [1.807, 2.05) is 13.8 Å². The zero-order valence-electron chi connectivity index (χ0n) is 10.4. The van der Waals surface area contributed by atoms with E-state index < -0.39 is 12.6 Å². The molecule has 0 aliphatic heterocycles. The van der Waals surface area contributed by atoms with Gasteiger partial charge in [0.1, 0.15) is 0 Å². The summed E-state index contributed by atoms with van der Waals surface area (Å²) < 4.78 is 40.2. The summed E-state index contributed by atoms with van der Waals surface area (Å²) >= 11 is 0. The molecular formula is C11H21F3N2O. The third-order valence-corrected chi connectivity index (χ3v) is 2.60. The van der Waals surface area contributed by atoms with E-state index in [0.29, 0.717) is 13.0 Å². The van der Waals surface area contributed by atoms with E-state index in [-0.39, 0.29) is 17.9 Å². The number of alkyl halides is 3. The number of nitrogens with two attached hydrogens (primary N) is 1. The fraction of sp³-hybridized carbons (Fsp3) is 0.909. The van der Waals surface area contributed by atoms with Crippen molar-refractivity contribution in [2.75, 3.05) is 13.2 Å². The maximum absolute atomic E-state index is 11.8. The topological polar surface area (TPSA) is 59.1 Å². The van der Waals surface area contributed by atoms with E-state index in [4.69, 9.17) is 15.9 Å². The molecule has 0 aromatic rings. The predicted molar refractivity (Wildman–Crippen MR) is 61.0 cm³/mol. The Morgan fingerprint density at radius 3 is 2.18 bits per heavy atom. The van der Waals surface area contributed by atoms with Gasteiger partial charge in [-0.15, -0.1) is 0 Å². The Morgan fingerprint density at radius 1 is 1.12 bits per heavy atom. The van der Waals surface area contributed by atoms with Gasteiger partial charge in [-0.05, 0) is 12.8 Å². The maximum atomic E-state index is 11.8. The molecule has 0 spiro atoms. The van der Waals surface area contributed by atoms with E-state index in [1.165, 1.54) is 0 Å². The van der Waals surface area contributed by atoms with Crippen LogP contribution in [0.25, 0.3) is 0 Å². The summed E-state index contributed by atoms with van der Waals surface area (Å²) in [7, 11) is 0. The molecule has 0 aromatic carbocycles. The molecule has 0 bridgehead atoms. The molecule has 0 saturated heterocycles. The lowest BCUT2D eigenvalue weighted by Gasteiger charge is -2.22. The quantitative estimate of drug-likeness (QED) is 0.397. The summed E-state index contributed by atoms with van der Waals surface area (Å²) in [5.41, 5.74) is 5.07. The van der Waals surface area contributed by atoms with Gasteiger partial charge in [0.2, 0.25) is 0 Å². The van der Waals surface area contributed by atoms with Crippen molar-refractivity contribution in [1.29, 1.82) is 5.41 Å². The largest absolute Gasteiger partial charge is 0.391 e. The molecule has 102 valence electrons. The fourth-order valence-electron chi connectivity index (χ4n) is 1.20. The van der Waals surface area contributed by atoms with Gasteiger partial charge in [0.05, 0.1) is 18.9 Å². The van der Waals surface area contributed by atoms with Crippen LogP contribution in [-0.4, -0.2) is 25.2 Å². The van der Waals surface area contributed by atoms with Crippen LogP contribution in [0.4, 0.5) is 13.2 Å². The summed E-state index contributed by atoms with van der Waals surface area (Å²) in [4.78, 5) is 0. The van der Waals surface area contributed by atoms with Gasteiger partial charge < -0.3 is 10.5 Å². The Labute approximate surface area is 100 Å². The van der Waals surface area contributed by atoms with Crippen LogP contribution in [0.5, 0.6) is 0 Å². The minimum absolute atomic E-state index is 0.135. The van der Waals surface area contributed by atoms with E-state index in [0.717, 1.165) is 12.8 Å². The van der Waals surface area contributed by atoms with Crippen molar-refractivity contribution in [2.24, 2.45) is 11.1 Å². The molecule has 0 aromatic heterocycles. The standard InChI is InChI=1S/C11H21F3N2O/c1-10(2,9(15)16)5-3-4-7-17-8-6-11(12,13)14/h3-8H2,1-2H3,(H3,15,16). The first-order valence-corrected chi connectivity index (χ1v) is 5.64. The number of nitrogens with one attached hydrogen (secondary N) is 1. The van der Waals surface area contributed by atoms with E-state index in [2.05, 4.69) is 0 Å². The maximum Gasteiger partial charge on any atom is 0.391 e. The Balaban J connectivity index is 3.45. The molecule has 0 unspecified atom stereocenters. The van der Waals surface area contributed by atoms with Gasteiger partial charge in [0.15, 0.2) is 0 Å². The highest BCUT2D eigenvalue weighted by Gasteiger charge is 2.26. The molecule has 0 heterocycles. The second-order valence-electron chi connectivity index (χ2n) is 4.73. The van der Waals surface area contributed by atoms with Crippen LogP contribution >= 0.6 is 0 Å². The van der Waals surface area contributed by atoms with Crippen LogP contribution < -0.4 is 5.73 Å². The molecule has 0 aliphatic rings. The number of amidine groups is 1. The molecule has 0 atom stereocenters. The van der Waals surface area contributed by atoms with Crippen molar-refractivity contribution < 1.29 is 17.9 Å². The zero-order valence-corrected chi connectivity index (χ0v) is 10.4. The monoisotopic (exact) mass is 254 g/mol. The highest BCUT2D eigenvalue weighted by molar-refractivity contribution is 5.82. The number of hydrogen-bond donors (Lipinski definition) is 2. The molecular weight excluding hydrogens is 233 g/mol. The highest BCUT2D eigenvalue weighted by Crippen LogP contribution is 2.22. The summed E-state index contributed by atoms with van der Waals surface area (Å²) in [6, 6.07) is 0. The molecule has 0 aliphatic carbocycles. The summed E-state index contributed by atoms with van der Waals surface area (Å²) in [6.07, 6.45) is -2.82. The molecule has 0 saturated carbocycles. The number of ether oxygens (including phenoxy) is 1. The smallest absolute Gasteiger partial charge is 0.387 e. The van der Waals surface area contributed by atoms with Crippen molar-refractivity contribution in [3.05, 3.63) is 0 Å². The van der Waals surface area contributed by atoms with Crippen LogP contribution in [0.3, 0.4) is 0 Å². The van der Waals surface area contributed by atoms with Gasteiger partial charge in [-0.2, -0.15) is 13.2 Å². The van der Waals surface area contributed by atoms with Crippen molar-refractivity contribution in [3.63, 3.8) is 0 Å². The van der Waals surface area contributed by atoms with Gasteiger partial charge in [-0.25, -0.2) is 0 Å². The first-order chi connectivity index (χ1) is 7.65. The normalized spacial score (nSPS) is 12.8. The van der Waals surface area contributed by atoms with Crippen molar-refractivity contribution in [2.45, 2.75) is 45.7 Å². The van der Waals surface area contributed by atoms with Crippen LogP contribution in [0, 0.1) is 10.8 Å². The molecule has 0 amide bonds. The highest BCUT2D eigenvalue weighted by atomic mass is 19.4. The number of halogens is 3. The van der Waals surface area contributed by atoms with Crippen molar-refractivity contribution in [3.8, 4) is 0 Å². The number of rotatable bonds is 8. The molecule has 3 nitrogen and oxygen atoms in total. The summed E-state index contributed by atoms with van der Waals surface area (Å²) in [5.74, 6) is 0.135. The van der Waals surface area contributed by atoms with E-state index >= 15 is 0 Å². The molecule has 0 radical (unpaired) electrons. The SMILES string of the molecule is CC(C)(CCCCOCCC(F)(F)F)C(=N)N. The van der Waals surface area contributed by atoms with Crippen molar-refractivity contribution >= 4 is 5.84 Å². The van der Waals surface area contributed by atoms with Crippen LogP contribution in [0.2, 0.25) is 0 Å². The predicted octanol–water partition coefficient (Wildman–Crippen LogP) is 3.09.